The third-order valence-electron chi connectivity index (χ3n) is 2.08. The van der Waals surface area contributed by atoms with Crippen LogP contribution in [-0.2, 0) is 14.8 Å². The van der Waals surface area contributed by atoms with Crippen molar-refractivity contribution in [2.75, 3.05) is 4.72 Å². The molecule has 18 heavy (non-hydrogen) atoms. The number of sulfonamides is 1. The van der Waals surface area contributed by atoms with Gasteiger partial charge < -0.3 is 5.11 Å². The number of hydrogen-bond acceptors (Lipinski definition) is 3. The summed E-state index contributed by atoms with van der Waals surface area (Å²) in [5.41, 5.74) is -0.531. The predicted octanol–water partition coefficient (Wildman–Crippen LogP) is 1.94. The van der Waals surface area contributed by atoms with E-state index < -0.39 is 38.6 Å². The van der Waals surface area contributed by atoms with Gasteiger partial charge in [-0.25, -0.2) is 17.2 Å². The minimum absolute atomic E-state index is 0.149. The second-order valence-electron chi connectivity index (χ2n) is 3.37. The number of carbonyl (C=O) groups is 1. The van der Waals surface area contributed by atoms with Gasteiger partial charge in [0.1, 0.15) is 11.6 Å². The van der Waals surface area contributed by atoms with Crippen molar-refractivity contribution in [1.82, 2.24) is 0 Å². The van der Waals surface area contributed by atoms with Crippen molar-refractivity contribution in [3.8, 4) is 0 Å². The molecule has 100 valence electrons. The smallest absolute Gasteiger partial charge is 0.323 e. The van der Waals surface area contributed by atoms with E-state index in [1.165, 1.54) is 0 Å². The number of carboxylic acid groups (broad SMARTS) is 1. The van der Waals surface area contributed by atoms with E-state index in [0.717, 1.165) is 13.0 Å². The summed E-state index contributed by atoms with van der Waals surface area (Å²) in [5.74, 6) is -3.62. The molecule has 1 aromatic rings. The summed E-state index contributed by atoms with van der Waals surface area (Å²) in [5, 5.41) is 6.82. The molecule has 1 aromatic carbocycles. The number of nitrogens with one attached hydrogen (secondary N) is 1. The maximum Gasteiger partial charge on any atom is 0.323 e. The lowest BCUT2D eigenvalue weighted by Crippen LogP contribution is -2.32. The molecule has 0 aliphatic rings. The molecule has 0 radical (unpaired) electrons. The average molecular weight is 344 g/mol. The molecule has 0 aromatic heterocycles. The topological polar surface area (TPSA) is 83.5 Å². The van der Waals surface area contributed by atoms with Gasteiger partial charge >= 0.3 is 5.97 Å². The highest BCUT2D eigenvalue weighted by molar-refractivity contribution is 9.10. The van der Waals surface area contributed by atoms with Crippen molar-refractivity contribution in [3.63, 3.8) is 0 Å². The number of aliphatic carboxylic acids is 1. The summed E-state index contributed by atoms with van der Waals surface area (Å²) >= 11 is 2.76. The van der Waals surface area contributed by atoms with Crippen LogP contribution < -0.4 is 4.72 Å². The Hall–Kier alpha value is -1.22. The van der Waals surface area contributed by atoms with E-state index in [1.54, 1.807) is 4.72 Å². The Morgan fingerprint density at radius 1 is 1.39 bits per heavy atom. The molecule has 0 aliphatic heterocycles. The lowest BCUT2D eigenvalue weighted by atomic mass is 10.3. The summed E-state index contributed by atoms with van der Waals surface area (Å²) in [7, 11) is -4.30. The molecular weight excluding hydrogens is 336 g/mol. The Morgan fingerprint density at radius 2 is 1.94 bits per heavy atom. The van der Waals surface area contributed by atoms with Crippen molar-refractivity contribution >= 4 is 37.6 Å². The maximum atomic E-state index is 13.3. The minimum Gasteiger partial charge on any atom is -0.480 e. The quantitative estimate of drug-likeness (QED) is 0.818. The van der Waals surface area contributed by atoms with Gasteiger partial charge in [0.25, 0.3) is 0 Å². The summed E-state index contributed by atoms with van der Waals surface area (Å²) in [6.45, 7) is 0.932. The van der Waals surface area contributed by atoms with Gasteiger partial charge in [0, 0.05) is 6.07 Å². The fraction of sp³-hybridized carbons (Fsp3) is 0.222. The molecule has 1 unspecified atom stereocenters. The van der Waals surface area contributed by atoms with Gasteiger partial charge in [-0.1, -0.05) is 0 Å². The summed E-state index contributed by atoms with van der Waals surface area (Å²) in [4.78, 5) is 10.6. The highest BCUT2D eigenvalue weighted by atomic mass is 79.9. The van der Waals surface area contributed by atoms with E-state index in [4.69, 9.17) is 5.11 Å². The molecule has 5 nitrogen and oxygen atoms in total. The Balaban J connectivity index is 3.13. The van der Waals surface area contributed by atoms with Crippen LogP contribution in [0.3, 0.4) is 0 Å². The monoisotopic (exact) mass is 343 g/mol. The number of anilines is 1. The van der Waals surface area contributed by atoms with Crippen molar-refractivity contribution < 1.29 is 27.1 Å². The SMILES string of the molecule is CC(C(=O)O)S(=O)(=O)Nc1cc(Br)c(F)cc1F. The number of carboxylic acids is 1. The zero-order valence-corrected chi connectivity index (χ0v) is 11.3. The van der Waals surface area contributed by atoms with Crippen LogP contribution in [0.15, 0.2) is 16.6 Å². The third-order valence-corrected chi connectivity index (χ3v) is 4.32. The first-order valence-electron chi connectivity index (χ1n) is 4.54. The van der Waals surface area contributed by atoms with Crippen LogP contribution in [0.4, 0.5) is 14.5 Å². The Labute approximate surface area is 110 Å². The van der Waals surface area contributed by atoms with Crippen molar-refractivity contribution in [1.29, 1.82) is 0 Å². The van der Waals surface area contributed by atoms with Crippen LogP contribution >= 0.6 is 15.9 Å². The first-order valence-corrected chi connectivity index (χ1v) is 6.88. The van der Waals surface area contributed by atoms with E-state index in [9.17, 15) is 22.0 Å². The van der Waals surface area contributed by atoms with Gasteiger partial charge in [0.15, 0.2) is 5.25 Å². The zero-order valence-electron chi connectivity index (χ0n) is 8.95. The highest BCUT2D eigenvalue weighted by Gasteiger charge is 2.28. The van der Waals surface area contributed by atoms with E-state index >= 15 is 0 Å². The molecule has 0 aliphatic carbocycles. The van der Waals surface area contributed by atoms with Crippen LogP contribution in [0.1, 0.15) is 6.92 Å². The molecule has 0 saturated heterocycles. The second kappa shape index (κ2) is 5.19. The maximum absolute atomic E-state index is 13.3. The zero-order chi connectivity index (χ0) is 14.1. The number of benzene rings is 1. The first kappa shape index (κ1) is 14.8. The fourth-order valence-corrected chi connectivity index (χ4v) is 2.22. The van der Waals surface area contributed by atoms with Crippen LogP contribution in [-0.4, -0.2) is 24.7 Å². The van der Waals surface area contributed by atoms with Crippen LogP contribution in [0.5, 0.6) is 0 Å². The van der Waals surface area contributed by atoms with Crippen LogP contribution in [0.25, 0.3) is 0 Å². The van der Waals surface area contributed by atoms with Gasteiger partial charge in [-0.05, 0) is 28.9 Å². The summed E-state index contributed by atoms with van der Waals surface area (Å²) in [6.07, 6.45) is 0. The standard InChI is InChI=1S/C9H8BrF2NO4S/c1-4(9(14)15)18(16,17)13-8-2-5(10)6(11)3-7(8)12/h2-4,13H,1H3,(H,14,15). The van der Waals surface area contributed by atoms with Gasteiger partial charge in [-0.15, -0.1) is 0 Å². The van der Waals surface area contributed by atoms with Gasteiger partial charge in [0.2, 0.25) is 10.0 Å². The van der Waals surface area contributed by atoms with E-state index in [0.29, 0.717) is 6.07 Å². The van der Waals surface area contributed by atoms with Crippen molar-refractivity contribution in [2.45, 2.75) is 12.2 Å². The molecule has 1 atom stereocenters. The van der Waals surface area contributed by atoms with Crippen LogP contribution in [0, 0.1) is 11.6 Å². The van der Waals surface area contributed by atoms with Crippen LogP contribution in [0.2, 0.25) is 0 Å². The largest absolute Gasteiger partial charge is 0.480 e. The molecule has 0 saturated carbocycles. The second-order valence-corrected chi connectivity index (χ2v) is 6.23. The lowest BCUT2D eigenvalue weighted by molar-refractivity contribution is -0.136. The van der Waals surface area contributed by atoms with Crippen molar-refractivity contribution in [3.05, 3.63) is 28.2 Å². The predicted molar refractivity (Wildman–Crippen MR) is 63.7 cm³/mol. The summed E-state index contributed by atoms with van der Waals surface area (Å²) in [6, 6.07) is 1.35. The first-order chi connectivity index (χ1) is 8.15. The molecule has 0 spiro atoms. The molecule has 0 heterocycles. The number of rotatable bonds is 4. The van der Waals surface area contributed by atoms with Gasteiger partial charge in [-0.3, -0.25) is 9.52 Å². The summed E-state index contributed by atoms with van der Waals surface area (Å²) < 4.78 is 50.9. The third kappa shape index (κ3) is 3.16. The highest BCUT2D eigenvalue weighted by Crippen LogP contribution is 2.25. The Bertz CT molecular complexity index is 590. The molecule has 0 amide bonds. The molecule has 2 N–H and O–H groups in total. The van der Waals surface area contributed by atoms with Gasteiger partial charge in [0.05, 0.1) is 10.2 Å². The van der Waals surface area contributed by atoms with Gasteiger partial charge in [-0.2, -0.15) is 0 Å². The van der Waals surface area contributed by atoms with E-state index in [2.05, 4.69) is 15.9 Å². The number of halogens is 3. The van der Waals surface area contributed by atoms with E-state index in [-0.39, 0.29) is 4.47 Å². The molecule has 0 fully saturated rings. The molecule has 9 heteroatoms. The number of hydrogen-bond donors (Lipinski definition) is 2. The normalized spacial score (nSPS) is 13.1. The average Bonchev–Trinajstić information content (AvgIpc) is 2.24. The van der Waals surface area contributed by atoms with E-state index in [1.807, 2.05) is 0 Å². The van der Waals surface area contributed by atoms with Crippen molar-refractivity contribution in [2.24, 2.45) is 0 Å². The Kier molecular flexibility index (Phi) is 4.28. The fourth-order valence-electron chi connectivity index (χ4n) is 0.975. The lowest BCUT2D eigenvalue weighted by Gasteiger charge is -2.12. The molecular formula is C9H8BrF2NO4S. The molecule has 1 rings (SSSR count). The Morgan fingerprint density at radius 3 is 2.44 bits per heavy atom. The minimum atomic E-state index is -4.30. The molecule has 0 bridgehead atoms.